The lowest BCUT2D eigenvalue weighted by Gasteiger charge is -2.42. The van der Waals surface area contributed by atoms with Gasteiger partial charge in [-0.05, 0) is 31.0 Å². The standard InChI is InChI=1S/C10H11BrFNO/c11-6-1-2-9(12)8(3-6)10(14)4-7(13)5-10/h1-3,7,14H,4-5,13H2. The van der Waals surface area contributed by atoms with Crippen molar-refractivity contribution in [2.75, 3.05) is 0 Å². The summed E-state index contributed by atoms with van der Waals surface area (Å²) in [6, 6.07) is 4.56. The second-order valence-corrected chi connectivity index (χ2v) is 4.74. The molecule has 0 aromatic heterocycles. The van der Waals surface area contributed by atoms with Crippen LogP contribution < -0.4 is 5.73 Å². The predicted molar refractivity (Wildman–Crippen MR) is 55.2 cm³/mol. The Bertz CT molecular complexity index is 363. The van der Waals surface area contributed by atoms with E-state index in [0.717, 1.165) is 4.47 Å². The van der Waals surface area contributed by atoms with E-state index < -0.39 is 5.60 Å². The van der Waals surface area contributed by atoms with E-state index in [9.17, 15) is 9.50 Å². The van der Waals surface area contributed by atoms with Crippen LogP contribution in [0.25, 0.3) is 0 Å². The lowest BCUT2D eigenvalue weighted by atomic mass is 9.71. The first kappa shape index (κ1) is 10.1. The average molecular weight is 260 g/mol. The van der Waals surface area contributed by atoms with Crippen LogP contribution in [0.5, 0.6) is 0 Å². The molecule has 3 N–H and O–H groups in total. The summed E-state index contributed by atoms with van der Waals surface area (Å²) in [5.41, 5.74) is 4.86. The lowest BCUT2D eigenvalue weighted by Crippen LogP contribution is -2.49. The Morgan fingerprint density at radius 2 is 2.14 bits per heavy atom. The van der Waals surface area contributed by atoms with Crippen molar-refractivity contribution >= 4 is 15.9 Å². The molecule has 14 heavy (non-hydrogen) atoms. The number of rotatable bonds is 1. The first-order valence-corrected chi connectivity index (χ1v) is 5.24. The zero-order valence-corrected chi connectivity index (χ0v) is 9.09. The molecule has 1 aliphatic rings. The van der Waals surface area contributed by atoms with Crippen molar-refractivity contribution in [3.8, 4) is 0 Å². The van der Waals surface area contributed by atoms with E-state index in [2.05, 4.69) is 15.9 Å². The van der Waals surface area contributed by atoms with E-state index in [0.29, 0.717) is 18.4 Å². The molecular formula is C10H11BrFNO. The third kappa shape index (κ3) is 1.58. The van der Waals surface area contributed by atoms with Crippen molar-refractivity contribution in [3.63, 3.8) is 0 Å². The van der Waals surface area contributed by atoms with Crippen LogP contribution >= 0.6 is 15.9 Å². The zero-order valence-electron chi connectivity index (χ0n) is 7.50. The molecule has 0 aliphatic heterocycles. The van der Waals surface area contributed by atoms with Crippen LogP contribution in [0, 0.1) is 5.82 Å². The summed E-state index contributed by atoms with van der Waals surface area (Å²) in [6.45, 7) is 0. The molecule has 2 nitrogen and oxygen atoms in total. The number of hydrogen-bond acceptors (Lipinski definition) is 2. The van der Waals surface area contributed by atoms with Crippen LogP contribution in [-0.2, 0) is 5.60 Å². The maximum Gasteiger partial charge on any atom is 0.129 e. The molecule has 0 heterocycles. The molecule has 0 saturated heterocycles. The first-order chi connectivity index (χ1) is 6.51. The molecule has 0 radical (unpaired) electrons. The van der Waals surface area contributed by atoms with Crippen LogP contribution in [0.1, 0.15) is 18.4 Å². The van der Waals surface area contributed by atoms with Crippen LogP contribution in [0.4, 0.5) is 4.39 Å². The van der Waals surface area contributed by atoms with Crippen molar-refractivity contribution in [3.05, 3.63) is 34.1 Å². The van der Waals surface area contributed by atoms with E-state index in [1.807, 2.05) is 0 Å². The fraction of sp³-hybridized carbons (Fsp3) is 0.400. The number of nitrogens with two attached hydrogens (primary N) is 1. The van der Waals surface area contributed by atoms with Gasteiger partial charge in [-0.15, -0.1) is 0 Å². The monoisotopic (exact) mass is 259 g/mol. The highest BCUT2D eigenvalue weighted by Gasteiger charge is 2.43. The van der Waals surface area contributed by atoms with Gasteiger partial charge in [0.25, 0.3) is 0 Å². The summed E-state index contributed by atoms with van der Waals surface area (Å²) in [5, 5.41) is 10.0. The van der Waals surface area contributed by atoms with Gasteiger partial charge < -0.3 is 10.8 Å². The van der Waals surface area contributed by atoms with Gasteiger partial charge in [-0.25, -0.2) is 4.39 Å². The highest BCUT2D eigenvalue weighted by Crippen LogP contribution is 2.42. The van der Waals surface area contributed by atoms with Crippen molar-refractivity contribution in [2.24, 2.45) is 5.73 Å². The van der Waals surface area contributed by atoms with Crippen molar-refractivity contribution < 1.29 is 9.50 Å². The molecule has 1 aromatic rings. The molecule has 0 bridgehead atoms. The van der Waals surface area contributed by atoms with Crippen molar-refractivity contribution in [1.82, 2.24) is 0 Å². The Morgan fingerprint density at radius 1 is 1.50 bits per heavy atom. The van der Waals surface area contributed by atoms with Gasteiger partial charge >= 0.3 is 0 Å². The summed E-state index contributed by atoms with van der Waals surface area (Å²) >= 11 is 3.25. The van der Waals surface area contributed by atoms with Gasteiger partial charge in [0, 0.05) is 16.1 Å². The molecule has 0 atom stereocenters. The van der Waals surface area contributed by atoms with Crippen molar-refractivity contribution in [2.45, 2.75) is 24.5 Å². The molecule has 2 rings (SSSR count). The summed E-state index contributed by atoms with van der Waals surface area (Å²) in [5.74, 6) is -0.373. The zero-order chi connectivity index (χ0) is 10.3. The van der Waals surface area contributed by atoms with Gasteiger partial charge in [-0.1, -0.05) is 15.9 Å². The number of hydrogen-bond donors (Lipinski definition) is 2. The minimum Gasteiger partial charge on any atom is -0.385 e. The fourth-order valence-corrected chi connectivity index (χ4v) is 2.24. The van der Waals surface area contributed by atoms with Gasteiger partial charge in [0.1, 0.15) is 5.82 Å². The molecular weight excluding hydrogens is 249 g/mol. The molecule has 0 unspecified atom stereocenters. The van der Waals surface area contributed by atoms with Crippen LogP contribution in [-0.4, -0.2) is 11.1 Å². The minimum atomic E-state index is -1.06. The SMILES string of the molecule is NC1CC(O)(c2cc(Br)ccc2F)C1. The summed E-state index contributed by atoms with van der Waals surface area (Å²) in [7, 11) is 0. The van der Waals surface area contributed by atoms with Gasteiger partial charge in [-0.2, -0.15) is 0 Å². The largest absolute Gasteiger partial charge is 0.385 e. The van der Waals surface area contributed by atoms with E-state index in [1.165, 1.54) is 6.07 Å². The predicted octanol–water partition coefficient (Wildman–Crippen LogP) is 1.90. The fourth-order valence-electron chi connectivity index (χ4n) is 1.88. The number of halogens is 2. The Kier molecular flexibility index (Phi) is 2.37. The minimum absolute atomic E-state index is 0.0154. The second kappa shape index (κ2) is 3.29. The average Bonchev–Trinajstić information content (AvgIpc) is 2.07. The molecule has 1 aliphatic carbocycles. The second-order valence-electron chi connectivity index (χ2n) is 3.82. The molecule has 1 saturated carbocycles. The van der Waals surface area contributed by atoms with E-state index >= 15 is 0 Å². The summed E-state index contributed by atoms with van der Waals surface area (Å²) in [4.78, 5) is 0. The van der Waals surface area contributed by atoms with Crippen LogP contribution in [0.2, 0.25) is 0 Å². The Morgan fingerprint density at radius 3 is 2.71 bits per heavy atom. The number of benzene rings is 1. The maximum absolute atomic E-state index is 13.4. The number of aliphatic hydroxyl groups is 1. The molecule has 0 spiro atoms. The molecule has 0 amide bonds. The van der Waals surface area contributed by atoms with E-state index in [-0.39, 0.29) is 11.9 Å². The summed E-state index contributed by atoms with van der Waals surface area (Å²) in [6.07, 6.45) is 0.862. The summed E-state index contributed by atoms with van der Waals surface area (Å²) < 4.78 is 14.2. The maximum atomic E-state index is 13.4. The van der Waals surface area contributed by atoms with Gasteiger partial charge in [-0.3, -0.25) is 0 Å². The quantitative estimate of drug-likeness (QED) is 0.810. The van der Waals surface area contributed by atoms with Crippen LogP contribution in [0.3, 0.4) is 0 Å². The van der Waals surface area contributed by atoms with Gasteiger partial charge in [0.2, 0.25) is 0 Å². The smallest absolute Gasteiger partial charge is 0.129 e. The Hall–Kier alpha value is -0.450. The topological polar surface area (TPSA) is 46.2 Å². The Balaban J connectivity index is 2.36. The molecule has 1 fully saturated rings. The third-order valence-corrected chi connectivity index (χ3v) is 3.12. The molecule has 4 heteroatoms. The van der Waals surface area contributed by atoms with Crippen LogP contribution in [0.15, 0.2) is 22.7 Å². The molecule has 76 valence electrons. The molecule has 1 aromatic carbocycles. The highest BCUT2D eigenvalue weighted by molar-refractivity contribution is 9.10. The first-order valence-electron chi connectivity index (χ1n) is 4.45. The lowest BCUT2D eigenvalue weighted by molar-refractivity contribution is -0.0550. The van der Waals surface area contributed by atoms with Gasteiger partial charge in [0.05, 0.1) is 5.60 Å². The highest BCUT2D eigenvalue weighted by atomic mass is 79.9. The van der Waals surface area contributed by atoms with Gasteiger partial charge in [0.15, 0.2) is 0 Å². The Labute approximate surface area is 90.1 Å². The van der Waals surface area contributed by atoms with E-state index in [1.54, 1.807) is 12.1 Å². The third-order valence-electron chi connectivity index (χ3n) is 2.63. The van der Waals surface area contributed by atoms with E-state index in [4.69, 9.17) is 5.73 Å². The van der Waals surface area contributed by atoms with Crippen molar-refractivity contribution in [1.29, 1.82) is 0 Å². The normalized spacial score (nSPS) is 31.3.